The molecule has 0 saturated carbocycles. The number of hydrogen-bond acceptors (Lipinski definition) is 4. The summed E-state index contributed by atoms with van der Waals surface area (Å²) in [5.74, 6) is 2.65. The van der Waals surface area contributed by atoms with Crippen LogP contribution in [0, 0.1) is 0 Å². The highest BCUT2D eigenvalue weighted by atomic mass is 16.6. The summed E-state index contributed by atoms with van der Waals surface area (Å²) >= 11 is 0. The Balaban J connectivity index is 2.27. The molecule has 0 bridgehead atoms. The van der Waals surface area contributed by atoms with Crippen LogP contribution in [0.3, 0.4) is 0 Å². The molecule has 4 heteroatoms. The van der Waals surface area contributed by atoms with E-state index in [0.717, 1.165) is 30.1 Å². The molecule has 0 aromatic heterocycles. The van der Waals surface area contributed by atoms with E-state index in [9.17, 15) is 0 Å². The lowest BCUT2D eigenvalue weighted by molar-refractivity contribution is 0.257. The molecule has 3 unspecified atom stereocenters. The van der Waals surface area contributed by atoms with E-state index in [2.05, 4.69) is 19.9 Å². The van der Waals surface area contributed by atoms with Crippen molar-refractivity contribution in [2.45, 2.75) is 65.6 Å². The van der Waals surface area contributed by atoms with Crippen molar-refractivity contribution in [3.05, 3.63) is 17.7 Å². The molecule has 0 amide bonds. The minimum atomic E-state index is 0.355. The average molecular weight is 322 g/mol. The Labute approximate surface area is 140 Å². The molecule has 0 aliphatic carbocycles. The smallest absolute Gasteiger partial charge is 0.203 e. The second-order valence-electron chi connectivity index (χ2n) is 5.87. The Hall–Kier alpha value is -1.42. The van der Waals surface area contributed by atoms with Gasteiger partial charge >= 0.3 is 0 Å². The molecule has 1 aliphatic rings. The zero-order chi connectivity index (χ0) is 16.8. The van der Waals surface area contributed by atoms with Crippen molar-refractivity contribution < 1.29 is 18.9 Å². The summed E-state index contributed by atoms with van der Waals surface area (Å²) in [5, 5.41) is 0. The predicted octanol–water partition coefficient (Wildman–Crippen LogP) is 4.55. The van der Waals surface area contributed by atoms with Crippen molar-refractivity contribution in [1.82, 2.24) is 0 Å². The van der Waals surface area contributed by atoms with Gasteiger partial charge in [0.15, 0.2) is 11.5 Å². The van der Waals surface area contributed by atoms with Crippen LogP contribution in [0.15, 0.2) is 12.1 Å². The van der Waals surface area contributed by atoms with Gasteiger partial charge in [0, 0.05) is 5.56 Å². The number of benzene rings is 1. The van der Waals surface area contributed by atoms with Gasteiger partial charge < -0.3 is 18.9 Å². The van der Waals surface area contributed by atoms with Crippen molar-refractivity contribution in [3.8, 4) is 17.2 Å². The van der Waals surface area contributed by atoms with E-state index in [1.807, 2.05) is 26.8 Å². The van der Waals surface area contributed by atoms with Gasteiger partial charge in [0.1, 0.15) is 0 Å². The van der Waals surface area contributed by atoms with Crippen molar-refractivity contribution in [1.29, 1.82) is 0 Å². The van der Waals surface area contributed by atoms with E-state index in [4.69, 9.17) is 18.9 Å². The third-order valence-electron chi connectivity index (χ3n) is 4.19. The van der Waals surface area contributed by atoms with Gasteiger partial charge in [-0.2, -0.15) is 0 Å². The second-order valence-corrected chi connectivity index (χ2v) is 5.87. The van der Waals surface area contributed by atoms with Gasteiger partial charge in [-0.15, -0.1) is 0 Å². The molecule has 1 aromatic carbocycles. The maximum atomic E-state index is 5.94. The topological polar surface area (TPSA) is 40.2 Å². The van der Waals surface area contributed by atoms with Gasteiger partial charge in [-0.05, 0) is 45.6 Å². The van der Waals surface area contributed by atoms with Crippen molar-refractivity contribution in [3.63, 3.8) is 0 Å². The quantitative estimate of drug-likeness (QED) is 0.592. The van der Waals surface area contributed by atoms with Gasteiger partial charge in [-0.1, -0.05) is 19.9 Å². The lowest BCUT2D eigenvalue weighted by Crippen LogP contribution is -2.08. The van der Waals surface area contributed by atoms with E-state index in [1.165, 1.54) is 5.56 Å². The Morgan fingerprint density at radius 2 is 1.57 bits per heavy atom. The highest BCUT2D eigenvalue weighted by Crippen LogP contribution is 2.45. The summed E-state index contributed by atoms with van der Waals surface area (Å²) in [6, 6.07) is 4.10. The van der Waals surface area contributed by atoms with E-state index in [0.29, 0.717) is 37.9 Å². The van der Waals surface area contributed by atoms with Crippen LogP contribution in [0.4, 0.5) is 0 Å². The largest absolute Gasteiger partial charge is 0.490 e. The molecule has 1 fully saturated rings. The van der Waals surface area contributed by atoms with E-state index >= 15 is 0 Å². The molecule has 3 atom stereocenters. The van der Waals surface area contributed by atoms with E-state index in [-0.39, 0.29) is 0 Å². The summed E-state index contributed by atoms with van der Waals surface area (Å²) in [6.07, 6.45) is 2.91. The first-order chi connectivity index (χ1) is 11.2. The number of rotatable bonds is 10. The molecule has 4 nitrogen and oxygen atoms in total. The van der Waals surface area contributed by atoms with E-state index < -0.39 is 0 Å². The molecule has 130 valence electrons. The van der Waals surface area contributed by atoms with Crippen molar-refractivity contribution >= 4 is 0 Å². The average Bonchev–Trinajstić information content (AvgIpc) is 3.29. The van der Waals surface area contributed by atoms with Gasteiger partial charge in [-0.25, -0.2) is 0 Å². The summed E-state index contributed by atoms with van der Waals surface area (Å²) in [7, 11) is 0. The third-order valence-corrected chi connectivity index (χ3v) is 4.19. The molecule has 1 saturated heterocycles. The maximum Gasteiger partial charge on any atom is 0.203 e. The zero-order valence-corrected chi connectivity index (χ0v) is 15.1. The highest BCUT2D eigenvalue weighted by molar-refractivity contribution is 5.57. The Morgan fingerprint density at radius 1 is 0.913 bits per heavy atom. The van der Waals surface area contributed by atoms with Crippen LogP contribution in [0.2, 0.25) is 0 Å². The summed E-state index contributed by atoms with van der Waals surface area (Å²) < 4.78 is 23.2. The van der Waals surface area contributed by atoms with Crippen LogP contribution < -0.4 is 14.2 Å². The molecule has 0 radical (unpaired) electrons. The van der Waals surface area contributed by atoms with E-state index in [1.54, 1.807) is 0 Å². The molecular formula is C19H30O4. The summed E-state index contributed by atoms with van der Waals surface area (Å²) in [4.78, 5) is 0. The van der Waals surface area contributed by atoms with Crippen LogP contribution in [0.1, 0.15) is 58.9 Å². The van der Waals surface area contributed by atoms with Crippen molar-refractivity contribution in [2.75, 3.05) is 19.8 Å². The molecule has 1 aliphatic heterocycles. The Morgan fingerprint density at radius 3 is 2.13 bits per heavy atom. The fourth-order valence-corrected chi connectivity index (χ4v) is 3.01. The first-order valence-corrected chi connectivity index (χ1v) is 8.86. The maximum absolute atomic E-state index is 5.94. The van der Waals surface area contributed by atoms with Crippen LogP contribution in [-0.4, -0.2) is 32.0 Å². The van der Waals surface area contributed by atoms with Crippen molar-refractivity contribution in [2.24, 2.45) is 0 Å². The molecule has 0 spiro atoms. The highest BCUT2D eigenvalue weighted by Gasteiger charge is 2.38. The van der Waals surface area contributed by atoms with Crippen LogP contribution in [0.5, 0.6) is 17.2 Å². The summed E-state index contributed by atoms with van der Waals surface area (Å²) in [5.41, 5.74) is 1.17. The standard InChI is InChI=1S/C19H30O4/c1-6-15-17(23-15)12-13(5)14-10-11-16(20-7-2)19(22-9-4)18(14)21-8-3/h10-11,13,15,17H,6-9,12H2,1-5H3. The number of epoxide rings is 1. The molecule has 1 heterocycles. The van der Waals surface area contributed by atoms with Gasteiger partial charge in [0.25, 0.3) is 0 Å². The van der Waals surface area contributed by atoms with Crippen LogP contribution >= 0.6 is 0 Å². The zero-order valence-electron chi connectivity index (χ0n) is 15.1. The molecular weight excluding hydrogens is 292 g/mol. The second kappa shape index (κ2) is 8.44. The van der Waals surface area contributed by atoms with Gasteiger partial charge in [0.05, 0.1) is 32.0 Å². The van der Waals surface area contributed by atoms with Gasteiger partial charge in [-0.3, -0.25) is 0 Å². The van der Waals surface area contributed by atoms with Crippen LogP contribution in [-0.2, 0) is 4.74 Å². The lowest BCUT2D eigenvalue weighted by atomic mass is 9.93. The summed E-state index contributed by atoms with van der Waals surface area (Å²) in [6.45, 7) is 12.1. The molecule has 23 heavy (non-hydrogen) atoms. The fourth-order valence-electron chi connectivity index (χ4n) is 3.01. The Bertz CT molecular complexity index is 500. The minimum absolute atomic E-state index is 0.355. The third kappa shape index (κ3) is 4.31. The monoisotopic (exact) mass is 322 g/mol. The van der Waals surface area contributed by atoms with Crippen LogP contribution in [0.25, 0.3) is 0 Å². The lowest BCUT2D eigenvalue weighted by Gasteiger charge is -2.21. The number of ether oxygens (including phenoxy) is 4. The van der Waals surface area contributed by atoms with Gasteiger partial charge in [0.2, 0.25) is 5.75 Å². The predicted molar refractivity (Wildman–Crippen MR) is 91.9 cm³/mol. The Kier molecular flexibility index (Phi) is 6.58. The normalized spacial score (nSPS) is 20.9. The first kappa shape index (κ1) is 17.9. The number of hydrogen-bond donors (Lipinski definition) is 0. The molecule has 2 rings (SSSR count). The molecule has 0 N–H and O–H groups in total. The fraction of sp³-hybridized carbons (Fsp3) is 0.684. The SMILES string of the molecule is CCOc1ccc(C(C)CC2OC2CC)c(OCC)c1OCC. The molecule has 1 aromatic rings. The minimum Gasteiger partial charge on any atom is -0.490 e. The first-order valence-electron chi connectivity index (χ1n) is 8.86.